The second kappa shape index (κ2) is 4.04. The Kier molecular flexibility index (Phi) is 2.71. The van der Waals surface area contributed by atoms with Crippen molar-refractivity contribution in [2.45, 2.75) is 6.42 Å². The van der Waals surface area contributed by atoms with Gasteiger partial charge in [0.05, 0.1) is 20.8 Å². The summed E-state index contributed by atoms with van der Waals surface area (Å²) < 4.78 is 15.4. The molecule has 17 heavy (non-hydrogen) atoms. The lowest BCUT2D eigenvalue weighted by atomic mass is 10.0. The highest BCUT2D eigenvalue weighted by Crippen LogP contribution is 2.50. The predicted octanol–water partition coefficient (Wildman–Crippen LogP) is 1.04. The van der Waals surface area contributed by atoms with Crippen LogP contribution in [0, 0.1) is 0 Å². The van der Waals surface area contributed by atoms with Crippen LogP contribution in [0.25, 0.3) is 0 Å². The smallest absolute Gasteiger partial charge is 0.343 e. The molecule has 0 unspecified atom stereocenters. The van der Waals surface area contributed by atoms with E-state index in [0.717, 1.165) is 0 Å². The van der Waals surface area contributed by atoms with Crippen LogP contribution in [0.1, 0.15) is 15.9 Å². The Morgan fingerprint density at radius 3 is 2.47 bits per heavy atom. The zero-order chi connectivity index (χ0) is 12.6. The lowest BCUT2D eigenvalue weighted by Gasteiger charge is -2.15. The Balaban J connectivity index is 2.80. The van der Waals surface area contributed by atoms with Gasteiger partial charge in [-0.3, -0.25) is 0 Å². The first kappa shape index (κ1) is 11.4. The molecule has 0 aliphatic carbocycles. The van der Waals surface area contributed by atoms with Gasteiger partial charge in [-0.15, -0.1) is 0 Å². The fraction of sp³-hybridized carbons (Fsp3) is 0.364. The van der Waals surface area contributed by atoms with E-state index < -0.39 is 11.7 Å². The Hall–Kier alpha value is -2.11. The van der Waals surface area contributed by atoms with E-state index in [2.05, 4.69) is 0 Å². The van der Waals surface area contributed by atoms with Crippen molar-refractivity contribution in [3.8, 4) is 23.0 Å². The summed E-state index contributed by atoms with van der Waals surface area (Å²) in [5.41, 5.74) is 0.313. The molecule has 0 aromatic heterocycles. The summed E-state index contributed by atoms with van der Waals surface area (Å²) >= 11 is 0. The van der Waals surface area contributed by atoms with E-state index >= 15 is 0 Å². The molecule has 1 aromatic carbocycles. The van der Waals surface area contributed by atoms with Crippen LogP contribution in [-0.4, -0.2) is 37.0 Å². The number of carboxylic acids is 1. The number of hydrogen-bond donors (Lipinski definition) is 2. The lowest BCUT2D eigenvalue weighted by Crippen LogP contribution is -2.05. The number of ether oxygens (including phenoxy) is 3. The van der Waals surface area contributed by atoms with E-state index in [-0.39, 0.29) is 17.1 Å². The van der Waals surface area contributed by atoms with Crippen LogP contribution in [0.3, 0.4) is 0 Å². The molecule has 2 N–H and O–H groups in total. The third kappa shape index (κ3) is 1.52. The molecule has 0 spiro atoms. The topological polar surface area (TPSA) is 85.2 Å². The maximum absolute atomic E-state index is 11.1. The van der Waals surface area contributed by atoms with Crippen molar-refractivity contribution in [2.75, 3.05) is 20.8 Å². The van der Waals surface area contributed by atoms with Crippen molar-refractivity contribution in [3.05, 3.63) is 11.1 Å². The lowest BCUT2D eigenvalue weighted by molar-refractivity contribution is 0.0689. The summed E-state index contributed by atoms with van der Waals surface area (Å²) in [5, 5.41) is 19.0. The van der Waals surface area contributed by atoms with Gasteiger partial charge in [-0.25, -0.2) is 4.79 Å². The molecule has 0 fully saturated rings. The van der Waals surface area contributed by atoms with Gasteiger partial charge in [-0.1, -0.05) is 0 Å². The van der Waals surface area contributed by atoms with Crippen LogP contribution in [-0.2, 0) is 6.42 Å². The first-order valence-corrected chi connectivity index (χ1v) is 4.97. The third-order valence-electron chi connectivity index (χ3n) is 2.65. The molecule has 0 saturated heterocycles. The molecule has 0 radical (unpaired) electrons. The molecule has 0 atom stereocenters. The minimum atomic E-state index is -1.27. The van der Waals surface area contributed by atoms with E-state index in [1.165, 1.54) is 14.2 Å². The van der Waals surface area contributed by atoms with Crippen molar-refractivity contribution >= 4 is 5.97 Å². The molecule has 6 nitrogen and oxygen atoms in total. The molecule has 1 aliphatic rings. The number of aromatic hydroxyl groups is 1. The number of benzene rings is 1. The average molecular weight is 240 g/mol. The van der Waals surface area contributed by atoms with Gasteiger partial charge in [0.25, 0.3) is 0 Å². The number of carboxylic acid groups (broad SMARTS) is 1. The number of phenols is 1. The molecule has 1 aliphatic heterocycles. The fourth-order valence-corrected chi connectivity index (χ4v) is 1.97. The van der Waals surface area contributed by atoms with Crippen molar-refractivity contribution < 1.29 is 29.2 Å². The molecule has 0 saturated carbocycles. The van der Waals surface area contributed by atoms with E-state index in [0.29, 0.717) is 24.3 Å². The first-order valence-electron chi connectivity index (χ1n) is 4.97. The summed E-state index contributed by atoms with van der Waals surface area (Å²) in [5.74, 6) is -1.23. The van der Waals surface area contributed by atoms with E-state index in [1.54, 1.807) is 0 Å². The molecule has 2 rings (SSSR count). The minimum Gasteiger partial charge on any atom is -0.503 e. The number of methoxy groups -OCH3 is 2. The van der Waals surface area contributed by atoms with Crippen LogP contribution < -0.4 is 14.2 Å². The molecular weight excluding hydrogens is 228 g/mol. The van der Waals surface area contributed by atoms with E-state index in [1.807, 2.05) is 0 Å². The average Bonchev–Trinajstić information content (AvgIpc) is 2.75. The maximum atomic E-state index is 11.1. The van der Waals surface area contributed by atoms with E-state index in [9.17, 15) is 9.90 Å². The second-order valence-electron chi connectivity index (χ2n) is 3.50. The van der Waals surface area contributed by atoms with E-state index in [4.69, 9.17) is 19.3 Å². The zero-order valence-corrected chi connectivity index (χ0v) is 9.44. The number of rotatable bonds is 3. The highest BCUT2D eigenvalue weighted by molar-refractivity contribution is 5.97. The van der Waals surface area contributed by atoms with Crippen molar-refractivity contribution in [2.24, 2.45) is 0 Å². The summed E-state index contributed by atoms with van der Waals surface area (Å²) in [6.45, 7) is 0.407. The number of aromatic carboxylic acids is 1. The number of fused-ring (bicyclic) bond motifs is 1. The fourth-order valence-electron chi connectivity index (χ4n) is 1.97. The second-order valence-corrected chi connectivity index (χ2v) is 3.50. The summed E-state index contributed by atoms with van der Waals surface area (Å²) in [6, 6.07) is 0. The van der Waals surface area contributed by atoms with Crippen LogP contribution in [0.2, 0.25) is 0 Å². The molecule has 6 heteroatoms. The van der Waals surface area contributed by atoms with Crippen LogP contribution in [0.15, 0.2) is 0 Å². The van der Waals surface area contributed by atoms with Gasteiger partial charge in [-0.2, -0.15) is 0 Å². The normalized spacial score (nSPS) is 12.8. The first-order chi connectivity index (χ1) is 8.11. The van der Waals surface area contributed by atoms with Gasteiger partial charge in [0.15, 0.2) is 11.5 Å². The Morgan fingerprint density at radius 2 is 1.94 bits per heavy atom. The maximum Gasteiger partial charge on any atom is 0.343 e. The van der Waals surface area contributed by atoms with Crippen molar-refractivity contribution in [1.82, 2.24) is 0 Å². The number of carbonyl (C=O) groups is 1. The molecular formula is C11H12O6. The monoisotopic (exact) mass is 240 g/mol. The molecule has 1 heterocycles. The molecule has 1 aromatic rings. The van der Waals surface area contributed by atoms with Gasteiger partial charge in [-0.05, 0) is 0 Å². The standard InChI is InChI=1S/C11H12O6/c1-15-8-5-3-4-17-9(5)10(16-2)7(12)6(8)11(13)14/h12H,3-4H2,1-2H3,(H,13,14). The highest BCUT2D eigenvalue weighted by Gasteiger charge is 2.32. The Labute approximate surface area is 97.3 Å². The number of hydrogen-bond acceptors (Lipinski definition) is 5. The van der Waals surface area contributed by atoms with Gasteiger partial charge in [0.2, 0.25) is 5.75 Å². The van der Waals surface area contributed by atoms with Gasteiger partial charge >= 0.3 is 5.97 Å². The Morgan fingerprint density at radius 1 is 1.29 bits per heavy atom. The largest absolute Gasteiger partial charge is 0.503 e. The summed E-state index contributed by atoms with van der Waals surface area (Å²) in [7, 11) is 2.70. The van der Waals surface area contributed by atoms with Crippen molar-refractivity contribution in [1.29, 1.82) is 0 Å². The molecule has 0 bridgehead atoms. The Bertz CT molecular complexity index is 480. The van der Waals surface area contributed by atoms with Gasteiger partial charge in [0, 0.05) is 12.0 Å². The van der Waals surface area contributed by atoms with Crippen LogP contribution >= 0.6 is 0 Å². The quantitative estimate of drug-likeness (QED) is 0.821. The zero-order valence-electron chi connectivity index (χ0n) is 9.44. The molecule has 0 amide bonds. The SMILES string of the molecule is COc1c(O)c(C(=O)O)c(OC)c2c1OCC2. The summed E-state index contributed by atoms with van der Waals surface area (Å²) in [4.78, 5) is 11.1. The van der Waals surface area contributed by atoms with Crippen LogP contribution in [0.4, 0.5) is 0 Å². The highest BCUT2D eigenvalue weighted by atomic mass is 16.5. The third-order valence-corrected chi connectivity index (χ3v) is 2.65. The molecule has 92 valence electrons. The van der Waals surface area contributed by atoms with Gasteiger partial charge < -0.3 is 24.4 Å². The predicted molar refractivity (Wildman–Crippen MR) is 57.4 cm³/mol. The van der Waals surface area contributed by atoms with Crippen molar-refractivity contribution in [3.63, 3.8) is 0 Å². The summed E-state index contributed by atoms with van der Waals surface area (Å²) in [6.07, 6.45) is 0.523. The minimum absolute atomic E-state index is 0.0377. The van der Waals surface area contributed by atoms with Gasteiger partial charge in [0.1, 0.15) is 11.3 Å². The van der Waals surface area contributed by atoms with Crippen LogP contribution in [0.5, 0.6) is 23.0 Å².